The maximum atomic E-state index is 12.5. The topological polar surface area (TPSA) is 75.6 Å². The Labute approximate surface area is 189 Å². The van der Waals surface area contributed by atoms with Crippen LogP contribution in [-0.2, 0) is 16.0 Å². The second-order valence-corrected chi connectivity index (χ2v) is 8.55. The van der Waals surface area contributed by atoms with Crippen molar-refractivity contribution in [3.63, 3.8) is 0 Å². The molecule has 1 atom stereocenters. The van der Waals surface area contributed by atoms with Gasteiger partial charge in [0.2, 0.25) is 0 Å². The van der Waals surface area contributed by atoms with Gasteiger partial charge in [-0.05, 0) is 52.4 Å². The van der Waals surface area contributed by atoms with Crippen molar-refractivity contribution in [1.29, 1.82) is 0 Å². The number of ether oxygens (including phenoxy) is 1. The van der Waals surface area contributed by atoms with Crippen LogP contribution >= 0.6 is 15.9 Å². The van der Waals surface area contributed by atoms with Crippen LogP contribution in [0.25, 0.3) is 11.1 Å². The number of aryl methyl sites for hydroxylation is 1. The molecular formula is C25H22BrNO4. The second kappa shape index (κ2) is 8.94. The molecule has 158 valence electrons. The van der Waals surface area contributed by atoms with E-state index in [2.05, 4.69) is 33.4 Å². The summed E-state index contributed by atoms with van der Waals surface area (Å²) in [6, 6.07) is 20.7. The fourth-order valence-corrected chi connectivity index (χ4v) is 4.47. The maximum absolute atomic E-state index is 12.5. The Morgan fingerprint density at radius 2 is 1.65 bits per heavy atom. The fourth-order valence-electron chi connectivity index (χ4n) is 4.06. The molecule has 0 bridgehead atoms. The highest BCUT2D eigenvalue weighted by Gasteiger charge is 2.29. The lowest BCUT2D eigenvalue weighted by Gasteiger charge is -2.18. The standard InChI is InChI=1S/C25H22BrNO4/c1-15-10-11-17(26)12-16(15)13-23(24(28)29)27-25(30)31-14-22-20-8-4-2-6-18(20)19-7-3-5-9-21(19)22/h2-12,22-23H,13-14H2,1H3,(H,27,30)(H,28,29)/t23-/m0/s1. The van der Waals surface area contributed by atoms with Crippen molar-refractivity contribution in [2.24, 2.45) is 0 Å². The molecule has 0 saturated carbocycles. The maximum Gasteiger partial charge on any atom is 0.407 e. The van der Waals surface area contributed by atoms with Gasteiger partial charge in [-0.15, -0.1) is 0 Å². The summed E-state index contributed by atoms with van der Waals surface area (Å²) in [5.41, 5.74) is 6.30. The van der Waals surface area contributed by atoms with Crippen LogP contribution in [-0.4, -0.2) is 29.8 Å². The minimum atomic E-state index is -1.10. The molecule has 1 aliphatic rings. The number of carbonyl (C=O) groups is 2. The summed E-state index contributed by atoms with van der Waals surface area (Å²) in [6.07, 6.45) is -0.563. The van der Waals surface area contributed by atoms with E-state index >= 15 is 0 Å². The van der Waals surface area contributed by atoms with E-state index in [1.165, 1.54) is 0 Å². The van der Waals surface area contributed by atoms with Crippen molar-refractivity contribution in [3.8, 4) is 11.1 Å². The number of benzene rings is 3. The Morgan fingerprint density at radius 1 is 1.03 bits per heavy atom. The van der Waals surface area contributed by atoms with Gasteiger partial charge >= 0.3 is 12.1 Å². The Morgan fingerprint density at radius 3 is 2.26 bits per heavy atom. The second-order valence-electron chi connectivity index (χ2n) is 7.64. The number of aliphatic carboxylic acids is 1. The lowest BCUT2D eigenvalue weighted by Crippen LogP contribution is -2.43. The summed E-state index contributed by atoms with van der Waals surface area (Å²) in [5, 5.41) is 12.1. The minimum absolute atomic E-state index is 0.0752. The molecule has 0 spiro atoms. The van der Waals surface area contributed by atoms with E-state index in [0.717, 1.165) is 37.9 Å². The summed E-state index contributed by atoms with van der Waals surface area (Å²) in [4.78, 5) is 24.2. The van der Waals surface area contributed by atoms with Gasteiger partial charge < -0.3 is 15.2 Å². The summed E-state index contributed by atoms with van der Waals surface area (Å²) in [6.45, 7) is 2.05. The molecule has 5 nitrogen and oxygen atoms in total. The van der Waals surface area contributed by atoms with E-state index in [4.69, 9.17) is 4.74 Å². The molecule has 2 N–H and O–H groups in total. The van der Waals surface area contributed by atoms with Gasteiger partial charge in [-0.1, -0.05) is 70.5 Å². The van der Waals surface area contributed by atoms with Crippen LogP contribution in [0.2, 0.25) is 0 Å². The van der Waals surface area contributed by atoms with Crippen LogP contribution in [0.1, 0.15) is 28.2 Å². The Kier molecular flexibility index (Phi) is 6.09. The minimum Gasteiger partial charge on any atom is -0.480 e. The monoisotopic (exact) mass is 479 g/mol. The van der Waals surface area contributed by atoms with E-state index in [1.54, 1.807) is 0 Å². The number of hydrogen-bond donors (Lipinski definition) is 2. The molecule has 0 unspecified atom stereocenters. The van der Waals surface area contributed by atoms with Crippen LogP contribution in [0.5, 0.6) is 0 Å². The van der Waals surface area contributed by atoms with Gasteiger partial charge in [0.05, 0.1) is 0 Å². The predicted molar refractivity (Wildman–Crippen MR) is 122 cm³/mol. The summed E-state index contributed by atoms with van der Waals surface area (Å²) < 4.78 is 6.35. The molecule has 3 aromatic carbocycles. The fraction of sp³-hybridized carbons (Fsp3) is 0.200. The van der Waals surface area contributed by atoms with Crippen molar-refractivity contribution in [3.05, 3.63) is 93.5 Å². The molecule has 0 saturated heterocycles. The molecule has 6 heteroatoms. The lowest BCUT2D eigenvalue weighted by molar-refractivity contribution is -0.139. The van der Waals surface area contributed by atoms with Gasteiger partial charge in [-0.3, -0.25) is 0 Å². The molecule has 0 radical (unpaired) electrons. The zero-order valence-corrected chi connectivity index (χ0v) is 18.6. The highest BCUT2D eigenvalue weighted by Crippen LogP contribution is 2.44. The molecule has 0 heterocycles. The molecule has 3 aromatic rings. The van der Waals surface area contributed by atoms with Gasteiger partial charge in [0.25, 0.3) is 0 Å². The highest BCUT2D eigenvalue weighted by atomic mass is 79.9. The molecule has 0 aliphatic heterocycles. The van der Waals surface area contributed by atoms with Crippen molar-refractivity contribution < 1.29 is 19.4 Å². The summed E-state index contributed by atoms with van der Waals surface area (Å²) in [5.74, 6) is -1.18. The van der Waals surface area contributed by atoms with Crippen LogP contribution in [0.3, 0.4) is 0 Å². The molecule has 1 amide bonds. The highest BCUT2D eigenvalue weighted by molar-refractivity contribution is 9.10. The van der Waals surface area contributed by atoms with Gasteiger partial charge in [0, 0.05) is 16.8 Å². The number of alkyl carbamates (subject to hydrolysis) is 1. The molecule has 0 fully saturated rings. The number of carbonyl (C=O) groups excluding carboxylic acids is 1. The zero-order chi connectivity index (χ0) is 22.0. The predicted octanol–water partition coefficient (Wildman–Crippen LogP) is 5.29. The quantitative estimate of drug-likeness (QED) is 0.503. The van der Waals surface area contributed by atoms with E-state index in [0.29, 0.717) is 0 Å². The van der Waals surface area contributed by atoms with Gasteiger partial charge in [0.15, 0.2) is 0 Å². The Balaban J connectivity index is 1.45. The molecule has 4 rings (SSSR count). The molecule has 1 aliphatic carbocycles. The number of carboxylic acids is 1. The molecular weight excluding hydrogens is 458 g/mol. The van der Waals surface area contributed by atoms with Crippen molar-refractivity contribution in [2.45, 2.75) is 25.3 Å². The third kappa shape index (κ3) is 4.49. The average Bonchev–Trinajstić information content (AvgIpc) is 3.08. The first kappa shape index (κ1) is 21.1. The van der Waals surface area contributed by atoms with Crippen molar-refractivity contribution >= 4 is 28.0 Å². The summed E-state index contributed by atoms with van der Waals surface area (Å²) >= 11 is 3.40. The number of halogens is 1. The van der Waals surface area contributed by atoms with Crippen molar-refractivity contribution in [2.75, 3.05) is 6.61 Å². The van der Waals surface area contributed by atoms with Crippen LogP contribution in [0.4, 0.5) is 4.79 Å². The first-order valence-electron chi connectivity index (χ1n) is 10.0. The normalized spacial score (nSPS) is 13.2. The average molecular weight is 480 g/mol. The van der Waals surface area contributed by atoms with Crippen LogP contribution < -0.4 is 5.32 Å². The number of nitrogens with one attached hydrogen (secondary N) is 1. The van der Waals surface area contributed by atoms with E-state index in [1.807, 2.05) is 61.5 Å². The lowest BCUT2D eigenvalue weighted by atomic mass is 9.98. The van der Waals surface area contributed by atoms with E-state index in [-0.39, 0.29) is 18.9 Å². The number of rotatable bonds is 6. The Hall–Kier alpha value is -3.12. The first-order valence-corrected chi connectivity index (χ1v) is 10.8. The SMILES string of the molecule is Cc1ccc(Br)cc1C[C@H](NC(=O)OCC1c2ccccc2-c2ccccc21)C(=O)O. The van der Waals surface area contributed by atoms with Gasteiger partial charge in [-0.25, -0.2) is 9.59 Å². The number of carboxylic acid groups (broad SMARTS) is 1. The largest absolute Gasteiger partial charge is 0.480 e. The third-order valence-corrected chi connectivity index (χ3v) is 6.16. The van der Waals surface area contributed by atoms with E-state index in [9.17, 15) is 14.7 Å². The smallest absolute Gasteiger partial charge is 0.407 e. The first-order chi connectivity index (χ1) is 14.9. The van der Waals surface area contributed by atoms with Crippen LogP contribution in [0, 0.1) is 6.92 Å². The van der Waals surface area contributed by atoms with Gasteiger partial charge in [0.1, 0.15) is 12.6 Å². The number of hydrogen-bond acceptors (Lipinski definition) is 3. The number of fused-ring (bicyclic) bond motifs is 3. The molecule has 31 heavy (non-hydrogen) atoms. The van der Waals surface area contributed by atoms with E-state index < -0.39 is 18.1 Å². The number of amides is 1. The van der Waals surface area contributed by atoms with Crippen molar-refractivity contribution in [1.82, 2.24) is 5.32 Å². The van der Waals surface area contributed by atoms with Gasteiger partial charge in [-0.2, -0.15) is 0 Å². The van der Waals surface area contributed by atoms with Crippen LogP contribution in [0.15, 0.2) is 71.2 Å². The molecule has 0 aromatic heterocycles. The Bertz CT molecular complexity index is 1100. The zero-order valence-electron chi connectivity index (χ0n) is 17.0. The summed E-state index contributed by atoms with van der Waals surface area (Å²) in [7, 11) is 0. The third-order valence-electron chi connectivity index (χ3n) is 5.67.